The summed E-state index contributed by atoms with van der Waals surface area (Å²) in [5.74, 6) is 0. The molecule has 0 fully saturated rings. The van der Waals surface area contributed by atoms with Crippen LogP contribution in [0.3, 0.4) is 0 Å². The van der Waals surface area contributed by atoms with E-state index in [1.165, 1.54) is 54.6 Å². The Morgan fingerprint density at radius 1 is 0.292 bits per heavy atom. The third-order valence-electron chi connectivity index (χ3n) is 9.81. The Morgan fingerprint density at radius 3 is 1.62 bits per heavy atom. The molecule has 0 aliphatic heterocycles. The second-order valence-electron chi connectivity index (χ2n) is 12.5. The Hall–Kier alpha value is -6.38. The summed E-state index contributed by atoms with van der Waals surface area (Å²) in [5.41, 5.74) is 9.58. The van der Waals surface area contributed by atoms with E-state index < -0.39 is 0 Å². The molecule has 0 saturated heterocycles. The van der Waals surface area contributed by atoms with Gasteiger partial charge in [-0.3, -0.25) is 0 Å². The molecule has 0 unspecified atom stereocenters. The Bertz CT molecular complexity index is 2850. The van der Waals surface area contributed by atoms with Crippen molar-refractivity contribution in [2.45, 2.75) is 0 Å². The molecule has 0 atom stereocenters. The molecule has 0 spiro atoms. The van der Waals surface area contributed by atoms with E-state index in [0.717, 1.165) is 44.0 Å². The molecule has 0 aliphatic rings. The Balaban J connectivity index is 1.15. The number of hydrogen-bond donors (Lipinski definition) is 0. The van der Waals surface area contributed by atoms with Crippen molar-refractivity contribution in [3.8, 4) is 33.5 Å². The number of fused-ring (bicyclic) bond motifs is 10. The van der Waals surface area contributed by atoms with Gasteiger partial charge in [-0.1, -0.05) is 146 Å². The maximum atomic E-state index is 5.31. The summed E-state index contributed by atoms with van der Waals surface area (Å²) in [7, 11) is 0. The number of para-hydroxylation sites is 1. The number of benzene rings is 8. The van der Waals surface area contributed by atoms with Gasteiger partial charge in [0.05, 0.1) is 22.2 Å². The van der Waals surface area contributed by atoms with Crippen molar-refractivity contribution < 1.29 is 0 Å². The van der Waals surface area contributed by atoms with Crippen molar-refractivity contribution in [2.24, 2.45) is 0 Å². The highest BCUT2D eigenvalue weighted by atomic mass is 14.8. The van der Waals surface area contributed by atoms with Gasteiger partial charge in [-0.2, -0.15) is 0 Å². The standard InChI is InChI=1S/C46H28N2/c1-2-11-29(12-3-1)44-39-19-8-9-20-43(39)48-46-40(44)25-21-30-23-26-42(47-45(30)46)33-14-10-13-31(27-33)32-22-24-38-36-17-5-4-15-34(36)35-16-6-7-18-37(35)41(38)28-32/h1-28H. The fourth-order valence-corrected chi connectivity index (χ4v) is 7.56. The second kappa shape index (κ2) is 10.6. The summed E-state index contributed by atoms with van der Waals surface area (Å²) >= 11 is 0. The van der Waals surface area contributed by atoms with Crippen LogP contribution in [0.5, 0.6) is 0 Å². The first-order valence-electron chi connectivity index (χ1n) is 16.4. The van der Waals surface area contributed by atoms with E-state index in [0.29, 0.717) is 0 Å². The maximum Gasteiger partial charge on any atom is 0.0978 e. The molecule has 2 heteroatoms. The molecule has 10 aromatic rings. The molecule has 10 rings (SSSR count). The van der Waals surface area contributed by atoms with E-state index in [4.69, 9.17) is 9.97 Å². The Kier molecular flexibility index (Phi) is 5.91. The van der Waals surface area contributed by atoms with E-state index in [1.54, 1.807) is 0 Å². The highest BCUT2D eigenvalue weighted by Gasteiger charge is 2.15. The molecule has 0 saturated carbocycles. The zero-order chi connectivity index (χ0) is 31.6. The summed E-state index contributed by atoms with van der Waals surface area (Å²) < 4.78 is 0. The molecule has 2 nitrogen and oxygen atoms in total. The smallest absolute Gasteiger partial charge is 0.0978 e. The first-order chi connectivity index (χ1) is 23.8. The van der Waals surface area contributed by atoms with E-state index >= 15 is 0 Å². The third-order valence-corrected chi connectivity index (χ3v) is 9.81. The van der Waals surface area contributed by atoms with Gasteiger partial charge in [-0.15, -0.1) is 0 Å². The van der Waals surface area contributed by atoms with Gasteiger partial charge in [-0.05, 0) is 73.3 Å². The number of rotatable bonds is 3. The van der Waals surface area contributed by atoms with Crippen molar-refractivity contribution in [3.05, 3.63) is 170 Å². The van der Waals surface area contributed by atoms with E-state index in [2.05, 4.69) is 170 Å². The van der Waals surface area contributed by atoms with Crippen molar-refractivity contribution >= 4 is 65.0 Å². The molecular formula is C46H28N2. The first kappa shape index (κ1) is 26.8. The quantitative estimate of drug-likeness (QED) is 0.147. The maximum absolute atomic E-state index is 5.31. The second-order valence-corrected chi connectivity index (χ2v) is 12.5. The Morgan fingerprint density at radius 2 is 0.854 bits per heavy atom. The SMILES string of the molecule is c1ccc(-c2c3ccccc3nc3c2ccc2ccc(-c4cccc(-c5ccc6c7ccccc7c7ccccc7c6c5)c4)nc23)cc1. The largest absolute Gasteiger partial charge is 0.245 e. The molecule has 0 aliphatic carbocycles. The molecular weight excluding hydrogens is 581 g/mol. The lowest BCUT2D eigenvalue weighted by Gasteiger charge is -2.14. The van der Waals surface area contributed by atoms with Crippen LogP contribution in [-0.4, -0.2) is 9.97 Å². The molecule has 2 heterocycles. The van der Waals surface area contributed by atoms with Crippen LogP contribution in [0.4, 0.5) is 0 Å². The molecule has 0 radical (unpaired) electrons. The Labute approximate surface area is 277 Å². The zero-order valence-electron chi connectivity index (χ0n) is 26.1. The molecule has 0 bridgehead atoms. The van der Waals surface area contributed by atoms with Crippen LogP contribution < -0.4 is 0 Å². The lowest BCUT2D eigenvalue weighted by molar-refractivity contribution is 1.39. The van der Waals surface area contributed by atoms with Crippen LogP contribution in [0.15, 0.2) is 170 Å². The number of nitrogens with zero attached hydrogens (tertiary/aromatic N) is 2. The van der Waals surface area contributed by atoms with Gasteiger partial charge in [0.25, 0.3) is 0 Å². The fourth-order valence-electron chi connectivity index (χ4n) is 7.56. The van der Waals surface area contributed by atoms with E-state index in [-0.39, 0.29) is 0 Å². The van der Waals surface area contributed by atoms with Gasteiger partial charge < -0.3 is 0 Å². The fraction of sp³-hybridized carbons (Fsp3) is 0. The lowest BCUT2D eigenvalue weighted by atomic mass is 9.91. The molecule has 2 aromatic heterocycles. The summed E-state index contributed by atoms with van der Waals surface area (Å²) in [6, 6.07) is 60.9. The van der Waals surface area contributed by atoms with Gasteiger partial charge >= 0.3 is 0 Å². The highest BCUT2D eigenvalue weighted by Crippen LogP contribution is 2.39. The summed E-state index contributed by atoms with van der Waals surface area (Å²) in [6.45, 7) is 0. The molecule has 0 amide bonds. The molecule has 8 aromatic carbocycles. The number of aromatic nitrogens is 2. The normalized spacial score (nSPS) is 11.8. The number of pyridine rings is 2. The van der Waals surface area contributed by atoms with Crippen LogP contribution in [0, 0.1) is 0 Å². The lowest BCUT2D eigenvalue weighted by Crippen LogP contribution is -1.93. The summed E-state index contributed by atoms with van der Waals surface area (Å²) in [4.78, 5) is 10.5. The predicted octanol–water partition coefficient (Wildman–Crippen LogP) is 12.4. The van der Waals surface area contributed by atoms with Crippen LogP contribution in [-0.2, 0) is 0 Å². The minimum atomic E-state index is 0.919. The van der Waals surface area contributed by atoms with Gasteiger partial charge in [0.2, 0.25) is 0 Å². The zero-order valence-corrected chi connectivity index (χ0v) is 26.1. The van der Waals surface area contributed by atoms with Crippen LogP contribution >= 0.6 is 0 Å². The topological polar surface area (TPSA) is 25.8 Å². The minimum absolute atomic E-state index is 0.919. The predicted molar refractivity (Wildman–Crippen MR) is 203 cm³/mol. The van der Waals surface area contributed by atoms with Crippen LogP contribution in [0.1, 0.15) is 0 Å². The van der Waals surface area contributed by atoms with Crippen LogP contribution in [0.25, 0.3) is 98.5 Å². The first-order valence-corrected chi connectivity index (χ1v) is 16.4. The minimum Gasteiger partial charge on any atom is -0.245 e. The third kappa shape index (κ3) is 4.13. The summed E-state index contributed by atoms with van der Waals surface area (Å²) in [5, 5.41) is 11.0. The van der Waals surface area contributed by atoms with Crippen molar-refractivity contribution in [3.63, 3.8) is 0 Å². The molecule has 48 heavy (non-hydrogen) atoms. The van der Waals surface area contributed by atoms with Gasteiger partial charge in [0.15, 0.2) is 0 Å². The van der Waals surface area contributed by atoms with Gasteiger partial charge in [0.1, 0.15) is 0 Å². The van der Waals surface area contributed by atoms with Crippen molar-refractivity contribution in [2.75, 3.05) is 0 Å². The summed E-state index contributed by atoms with van der Waals surface area (Å²) in [6.07, 6.45) is 0. The average Bonchev–Trinajstić information content (AvgIpc) is 3.17. The molecule has 0 N–H and O–H groups in total. The van der Waals surface area contributed by atoms with E-state index in [1.807, 2.05) is 0 Å². The van der Waals surface area contributed by atoms with Gasteiger partial charge in [0, 0.05) is 27.3 Å². The van der Waals surface area contributed by atoms with Crippen LogP contribution in [0.2, 0.25) is 0 Å². The molecule has 222 valence electrons. The van der Waals surface area contributed by atoms with Crippen molar-refractivity contribution in [1.82, 2.24) is 9.97 Å². The van der Waals surface area contributed by atoms with Gasteiger partial charge in [-0.25, -0.2) is 9.97 Å². The van der Waals surface area contributed by atoms with E-state index in [9.17, 15) is 0 Å². The van der Waals surface area contributed by atoms with Crippen molar-refractivity contribution in [1.29, 1.82) is 0 Å². The number of hydrogen-bond acceptors (Lipinski definition) is 2. The average molecular weight is 609 g/mol. The highest BCUT2D eigenvalue weighted by molar-refractivity contribution is 6.25. The monoisotopic (exact) mass is 608 g/mol.